The van der Waals surface area contributed by atoms with Crippen molar-refractivity contribution in [3.63, 3.8) is 0 Å². The summed E-state index contributed by atoms with van der Waals surface area (Å²) < 4.78 is 6.90. The Kier molecular flexibility index (Phi) is 5.91. The molecule has 2 nitrogen and oxygen atoms in total. The zero-order valence-corrected chi connectivity index (χ0v) is 14.3. The van der Waals surface area contributed by atoms with E-state index in [1.165, 1.54) is 38.8 Å². The van der Waals surface area contributed by atoms with E-state index in [1.54, 1.807) is 0 Å². The molecule has 0 amide bonds. The Morgan fingerprint density at radius 1 is 1.10 bits per heavy atom. The third-order valence-electron chi connectivity index (χ3n) is 4.91. The lowest BCUT2D eigenvalue weighted by Crippen LogP contribution is -2.41. The summed E-state index contributed by atoms with van der Waals surface area (Å²) in [5.74, 6) is 0.960. The highest BCUT2D eigenvalue weighted by Gasteiger charge is 2.30. The third kappa shape index (κ3) is 4.23. The van der Waals surface area contributed by atoms with Crippen molar-refractivity contribution in [2.24, 2.45) is 5.41 Å². The van der Waals surface area contributed by atoms with E-state index in [0.717, 1.165) is 23.4 Å². The third-order valence-corrected chi connectivity index (χ3v) is 5.44. The van der Waals surface area contributed by atoms with Crippen LogP contribution in [0.1, 0.15) is 39.5 Å². The Morgan fingerprint density at radius 2 is 1.70 bits per heavy atom. The van der Waals surface area contributed by atoms with Crippen molar-refractivity contribution >= 4 is 15.9 Å². The average Bonchev–Trinajstić information content (AvgIpc) is 2.50. The van der Waals surface area contributed by atoms with Crippen LogP contribution in [0.15, 0.2) is 28.7 Å². The number of hydrogen-bond acceptors (Lipinski definition) is 2. The summed E-state index contributed by atoms with van der Waals surface area (Å²) in [7, 11) is 0. The second-order valence-corrected chi connectivity index (χ2v) is 6.77. The van der Waals surface area contributed by atoms with E-state index < -0.39 is 0 Å². The zero-order valence-electron chi connectivity index (χ0n) is 12.7. The first kappa shape index (κ1) is 15.8. The monoisotopic (exact) mass is 339 g/mol. The number of halogens is 1. The lowest BCUT2D eigenvalue weighted by molar-refractivity contribution is 0.0851. The zero-order chi connectivity index (χ0) is 14.4. The number of hydrogen-bond donors (Lipinski definition) is 0. The van der Waals surface area contributed by atoms with E-state index in [4.69, 9.17) is 4.74 Å². The molecule has 1 fully saturated rings. The molecule has 0 aliphatic carbocycles. The Hall–Kier alpha value is -0.540. The van der Waals surface area contributed by atoms with E-state index in [1.807, 2.05) is 24.3 Å². The van der Waals surface area contributed by atoms with Crippen LogP contribution in [0.5, 0.6) is 5.75 Å². The van der Waals surface area contributed by atoms with Crippen LogP contribution in [0.25, 0.3) is 0 Å². The van der Waals surface area contributed by atoms with Crippen molar-refractivity contribution in [1.82, 2.24) is 4.90 Å². The first-order valence-corrected chi connectivity index (χ1v) is 8.57. The summed E-state index contributed by atoms with van der Waals surface area (Å²) in [6.45, 7) is 8.97. The Bertz CT molecular complexity index is 390. The Morgan fingerprint density at radius 3 is 2.25 bits per heavy atom. The van der Waals surface area contributed by atoms with Crippen LogP contribution in [0.4, 0.5) is 0 Å². The molecule has 3 heteroatoms. The minimum Gasteiger partial charge on any atom is -0.492 e. The molecule has 0 N–H and O–H groups in total. The van der Waals surface area contributed by atoms with Crippen molar-refractivity contribution in [1.29, 1.82) is 0 Å². The molecule has 1 aliphatic rings. The van der Waals surface area contributed by atoms with Gasteiger partial charge in [0.05, 0.1) is 0 Å². The SMILES string of the molecule is CCC1(CC)CCN(CCOc2ccc(Br)cc2)CC1. The van der Waals surface area contributed by atoms with Crippen LogP contribution in [-0.2, 0) is 0 Å². The second kappa shape index (κ2) is 7.46. The maximum atomic E-state index is 5.81. The van der Waals surface area contributed by atoms with Gasteiger partial charge in [0.25, 0.3) is 0 Å². The van der Waals surface area contributed by atoms with Gasteiger partial charge in [-0.25, -0.2) is 0 Å². The van der Waals surface area contributed by atoms with Crippen molar-refractivity contribution in [3.05, 3.63) is 28.7 Å². The van der Waals surface area contributed by atoms with Crippen molar-refractivity contribution in [2.75, 3.05) is 26.2 Å². The van der Waals surface area contributed by atoms with Crippen LogP contribution < -0.4 is 4.74 Å². The summed E-state index contributed by atoms with van der Waals surface area (Å²) in [6.07, 6.45) is 5.34. The molecule has 112 valence electrons. The Balaban J connectivity index is 1.70. The minimum absolute atomic E-state index is 0.614. The Labute approximate surface area is 131 Å². The fraction of sp³-hybridized carbons (Fsp3) is 0.647. The number of benzene rings is 1. The van der Waals surface area contributed by atoms with Gasteiger partial charge in [0, 0.05) is 11.0 Å². The highest BCUT2D eigenvalue weighted by atomic mass is 79.9. The molecule has 1 aliphatic heterocycles. The average molecular weight is 340 g/mol. The topological polar surface area (TPSA) is 12.5 Å². The van der Waals surface area contributed by atoms with Gasteiger partial charge in [-0.05, 0) is 55.6 Å². The normalized spacial score (nSPS) is 18.9. The molecule has 0 radical (unpaired) electrons. The van der Waals surface area contributed by atoms with Gasteiger partial charge < -0.3 is 4.74 Å². The standard InChI is InChI=1S/C17H26BrNO/c1-3-17(4-2)9-11-19(12-10-17)13-14-20-16-7-5-15(18)6-8-16/h5-8H,3-4,9-14H2,1-2H3. The lowest BCUT2D eigenvalue weighted by Gasteiger charge is -2.41. The summed E-state index contributed by atoms with van der Waals surface area (Å²) >= 11 is 3.44. The molecule has 2 rings (SSSR count). The van der Waals surface area contributed by atoms with Crippen LogP contribution in [0.2, 0.25) is 0 Å². The quantitative estimate of drug-likeness (QED) is 0.742. The minimum atomic E-state index is 0.614. The van der Waals surface area contributed by atoms with Gasteiger partial charge >= 0.3 is 0 Å². The van der Waals surface area contributed by atoms with E-state index in [0.29, 0.717) is 5.41 Å². The molecule has 0 atom stereocenters. The summed E-state index contributed by atoms with van der Waals surface area (Å²) in [5.41, 5.74) is 0.614. The molecular formula is C17H26BrNO. The van der Waals surface area contributed by atoms with E-state index in [-0.39, 0.29) is 0 Å². The fourth-order valence-corrected chi connectivity index (χ4v) is 3.30. The predicted octanol–water partition coefficient (Wildman–Crippen LogP) is 4.73. The molecule has 1 aromatic carbocycles. The first-order valence-electron chi connectivity index (χ1n) is 7.78. The summed E-state index contributed by atoms with van der Waals surface area (Å²) in [4.78, 5) is 2.54. The molecule has 0 aromatic heterocycles. The molecule has 0 spiro atoms. The van der Waals surface area contributed by atoms with Crippen molar-refractivity contribution in [2.45, 2.75) is 39.5 Å². The number of piperidine rings is 1. The lowest BCUT2D eigenvalue weighted by atomic mass is 9.74. The predicted molar refractivity (Wildman–Crippen MR) is 88.3 cm³/mol. The van der Waals surface area contributed by atoms with Gasteiger partial charge in [-0.2, -0.15) is 0 Å². The van der Waals surface area contributed by atoms with Gasteiger partial charge in [-0.15, -0.1) is 0 Å². The van der Waals surface area contributed by atoms with Gasteiger partial charge in [-0.1, -0.05) is 42.6 Å². The van der Waals surface area contributed by atoms with E-state index in [9.17, 15) is 0 Å². The molecule has 1 saturated heterocycles. The molecule has 1 heterocycles. The molecule has 20 heavy (non-hydrogen) atoms. The number of nitrogens with zero attached hydrogens (tertiary/aromatic N) is 1. The van der Waals surface area contributed by atoms with Gasteiger partial charge in [0.1, 0.15) is 12.4 Å². The second-order valence-electron chi connectivity index (χ2n) is 5.85. The fourth-order valence-electron chi connectivity index (χ4n) is 3.03. The van der Waals surface area contributed by atoms with Gasteiger partial charge in [-0.3, -0.25) is 4.90 Å². The molecule has 0 saturated carbocycles. The van der Waals surface area contributed by atoms with Crippen LogP contribution in [0.3, 0.4) is 0 Å². The molecule has 0 bridgehead atoms. The summed E-state index contributed by atoms with van der Waals surface area (Å²) in [5, 5.41) is 0. The first-order chi connectivity index (χ1) is 9.67. The number of ether oxygens (including phenoxy) is 1. The molecule has 1 aromatic rings. The number of likely N-dealkylation sites (tertiary alicyclic amines) is 1. The highest BCUT2D eigenvalue weighted by Crippen LogP contribution is 2.37. The van der Waals surface area contributed by atoms with Crippen LogP contribution >= 0.6 is 15.9 Å². The van der Waals surface area contributed by atoms with Gasteiger partial charge in [0.2, 0.25) is 0 Å². The highest BCUT2D eigenvalue weighted by molar-refractivity contribution is 9.10. The smallest absolute Gasteiger partial charge is 0.119 e. The maximum Gasteiger partial charge on any atom is 0.119 e. The number of rotatable bonds is 6. The van der Waals surface area contributed by atoms with E-state index in [2.05, 4.69) is 34.7 Å². The maximum absolute atomic E-state index is 5.81. The van der Waals surface area contributed by atoms with Crippen LogP contribution in [0, 0.1) is 5.41 Å². The van der Waals surface area contributed by atoms with Gasteiger partial charge in [0.15, 0.2) is 0 Å². The van der Waals surface area contributed by atoms with Crippen molar-refractivity contribution in [3.8, 4) is 5.75 Å². The van der Waals surface area contributed by atoms with Crippen LogP contribution in [-0.4, -0.2) is 31.1 Å². The van der Waals surface area contributed by atoms with Crippen molar-refractivity contribution < 1.29 is 4.74 Å². The molecule has 0 unspecified atom stereocenters. The summed E-state index contributed by atoms with van der Waals surface area (Å²) in [6, 6.07) is 8.07. The van der Waals surface area contributed by atoms with E-state index >= 15 is 0 Å². The molecular weight excluding hydrogens is 314 g/mol. The largest absolute Gasteiger partial charge is 0.492 e.